The van der Waals surface area contributed by atoms with E-state index in [1.165, 1.54) is 45.2 Å². The van der Waals surface area contributed by atoms with Crippen LogP contribution in [-0.4, -0.2) is 246 Å². The first kappa shape index (κ1) is 71.3. The summed E-state index contributed by atoms with van der Waals surface area (Å²) in [7, 11) is 1.75. The molecule has 8 aliphatic rings. The minimum Gasteiger partial charge on any atom is -0.392 e. The number of aliphatic hydroxyl groups is 1. The molecule has 454 valence electrons. The van der Waals surface area contributed by atoms with Gasteiger partial charge in [-0.05, 0) is 174 Å². The van der Waals surface area contributed by atoms with Crippen molar-refractivity contribution in [2.24, 2.45) is 46.1 Å². The van der Waals surface area contributed by atoms with E-state index in [4.69, 9.17) is 44.9 Å². The van der Waals surface area contributed by atoms with Crippen molar-refractivity contribution in [2.75, 3.05) is 92.2 Å². The summed E-state index contributed by atoms with van der Waals surface area (Å²) in [6.07, 6.45) is 7.71. The molecule has 76 heavy (non-hydrogen) atoms. The predicted molar refractivity (Wildman–Crippen MR) is 318 cm³/mol. The maximum Gasteiger partial charge on any atom is 0.118 e. The topological polar surface area (TPSA) is 234 Å². The molecule has 7 saturated heterocycles. The van der Waals surface area contributed by atoms with Gasteiger partial charge in [0.2, 0.25) is 0 Å². The van der Waals surface area contributed by atoms with Crippen LogP contribution in [0.2, 0.25) is 0 Å². The molecule has 15 N–H and O–H groups in total. The van der Waals surface area contributed by atoms with Crippen molar-refractivity contribution in [1.29, 1.82) is 0 Å². The second-order valence-electron chi connectivity index (χ2n) is 26.3. The first-order valence-electron chi connectivity index (χ1n) is 30.4. The lowest BCUT2D eigenvalue weighted by molar-refractivity contribution is 0.0159. The number of halogens is 2. The highest BCUT2D eigenvalue weighted by molar-refractivity contribution is 5.15. The number of rotatable bonds is 8. The van der Waals surface area contributed by atoms with E-state index in [-0.39, 0.29) is 41.9 Å². The van der Waals surface area contributed by atoms with Crippen LogP contribution >= 0.6 is 0 Å². The van der Waals surface area contributed by atoms with Gasteiger partial charge in [-0.25, -0.2) is 8.78 Å². The van der Waals surface area contributed by atoms with E-state index in [0.29, 0.717) is 80.3 Å². The minimum absolute atomic E-state index is 0.0288. The standard InChI is InChI=1S/C9H20N2O.C9H20N2.2C8H17FN2.C8H18N2O.C8H16N2.C8H18N2/c1-7(2)11-5-4-9(12-3)8(10)6-11;1-7(2)11-6-9(10)5-4-8(11)3;1-6(2)11-4-7(9)3-8(10)5-11;1-6(2)11-4-3-7(9)8(10)5-11;1-6(2)10-4-7(9)3-8(11)5-10;1-6(2)10-4-7-3-8(7,9)5-10;1-7(2)10-5-3-4-8(9)6-10/h7-9H,4-6,10H2,1-3H3;7-9H,4-6,10H2,1-3H3;2*6-8H,3-5,10H2,1-2H3;6-8,11H,3-5,9H2,1-2H3;6-7H,3-5,9H2,1-2H3;7-8H,3-6,9H2,1-2H3. The fraction of sp³-hybridized carbons (Fsp3) is 1.00. The van der Waals surface area contributed by atoms with Crippen LogP contribution in [0.25, 0.3) is 0 Å². The number of fused-ring (bicyclic) bond motifs is 1. The molecule has 13 unspecified atom stereocenters. The van der Waals surface area contributed by atoms with E-state index < -0.39 is 12.3 Å². The molecule has 8 fully saturated rings. The zero-order valence-electron chi connectivity index (χ0n) is 51.8. The van der Waals surface area contributed by atoms with Gasteiger partial charge < -0.3 is 50.0 Å². The fourth-order valence-electron chi connectivity index (χ4n) is 11.6. The lowest BCUT2D eigenvalue weighted by atomic mass is 9.99. The van der Waals surface area contributed by atoms with Crippen LogP contribution in [0.5, 0.6) is 0 Å². The molecule has 0 radical (unpaired) electrons. The van der Waals surface area contributed by atoms with Gasteiger partial charge in [0, 0.05) is 176 Å². The van der Waals surface area contributed by atoms with Gasteiger partial charge >= 0.3 is 0 Å². The molecule has 0 spiro atoms. The Kier molecular flexibility index (Phi) is 33.1. The molecule has 13 atom stereocenters. The summed E-state index contributed by atoms with van der Waals surface area (Å²) in [4.78, 5) is 16.4. The highest BCUT2D eigenvalue weighted by Gasteiger charge is 2.57. The minimum atomic E-state index is -0.787. The number of hydrogen-bond acceptors (Lipinski definition) is 16. The van der Waals surface area contributed by atoms with Crippen molar-refractivity contribution in [1.82, 2.24) is 34.3 Å². The van der Waals surface area contributed by atoms with Gasteiger partial charge in [0.05, 0.1) is 12.2 Å². The third kappa shape index (κ3) is 26.4. The van der Waals surface area contributed by atoms with Gasteiger partial charge in [-0.3, -0.25) is 34.3 Å². The van der Waals surface area contributed by atoms with Crippen LogP contribution in [-0.2, 0) is 4.74 Å². The lowest BCUT2D eigenvalue weighted by Gasteiger charge is -2.39. The van der Waals surface area contributed by atoms with Crippen molar-refractivity contribution >= 4 is 0 Å². The molecule has 7 aliphatic heterocycles. The lowest BCUT2D eigenvalue weighted by Crippen LogP contribution is -2.53. The highest BCUT2D eigenvalue weighted by atomic mass is 19.1. The monoisotopic (exact) mass is 1090 g/mol. The summed E-state index contributed by atoms with van der Waals surface area (Å²) < 4.78 is 31.1. The maximum atomic E-state index is 12.9. The Hall–Kier alpha value is -0.780. The van der Waals surface area contributed by atoms with Gasteiger partial charge in [-0.15, -0.1) is 0 Å². The number of piperidine rings is 7. The third-order valence-corrected chi connectivity index (χ3v) is 17.2. The summed E-state index contributed by atoms with van der Waals surface area (Å²) >= 11 is 0. The quantitative estimate of drug-likeness (QED) is 0.170. The molecule has 0 aromatic rings. The van der Waals surface area contributed by atoms with Crippen molar-refractivity contribution in [3.63, 3.8) is 0 Å². The molecule has 0 amide bonds. The molecule has 8 rings (SSSR count). The van der Waals surface area contributed by atoms with E-state index in [1.807, 2.05) is 0 Å². The summed E-state index contributed by atoms with van der Waals surface area (Å²) in [5.74, 6) is 0.829. The highest BCUT2D eigenvalue weighted by Crippen LogP contribution is 2.47. The molecule has 0 bridgehead atoms. The van der Waals surface area contributed by atoms with Crippen LogP contribution in [0.15, 0.2) is 0 Å². The summed E-state index contributed by atoms with van der Waals surface area (Å²) in [6.45, 7) is 45.4. The van der Waals surface area contributed by atoms with E-state index in [2.05, 4.69) is 138 Å². The van der Waals surface area contributed by atoms with Crippen molar-refractivity contribution in [3.8, 4) is 0 Å². The number of ether oxygens (including phenoxy) is 1. The molecule has 1 saturated carbocycles. The number of nitrogens with two attached hydrogens (primary N) is 7. The Morgan fingerprint density at radius 2 is 0.961 bits per heavy atom. The van der Waals surface area contributed by atoms with E-state index >= 15 is 0 Å². The number of likely N-dealkylation sites (tertiary alicyclic amines) is 7. The second-order valence-corrected chi connectivity index (χ2v) is 26.3. The van der Waals surface area contributed by atoms with E-state index in [0.717, 1.165) is 83.7 Å². The maximum absolute atomic E-state index is 12.9. The molecule has 0 aromatic heterocycles. The van der Waals surface area contributed by atoms with Gasteiger partial charge in [0.25, 0.3) is 0 Å². The first-order chi connectivity index (χ1) is 35.4. The third-order valence-electron chi connectivity index (χ3n) is 17.2. The number of aliphatic hydroxyl groups excluding tert-OH is 1. The molecular formula is C58H126F2N14O2. The van der Waals surface area contributed by atoms with Crippen LogP contribution in [0, 0.1) is 5.92 Å². The summed E-state index contributed by atoms with van der Waals surface area (Å²) in [5, 5.41) is 9.38. The smallest absolute Gasteiger partial charge is 0.118 e. The number of β-amino-alcohol motifs (C(OH)–C–C–N with tert-alkyl or cyclic N) is 1. The number of hydrogen-bond donors (Lipinski definition) is 8. The van der Waals surface area contributed by atoms with Crippen LogP contribution in [0.4, 0.5) is 8.78 Å². The van der Waals surface area contributed by atoms with Crippen molar-refractivity contribution in [2.45, 2.75) is 276 Å². The Balaban J connectivity index is 0.000000304. The average Bonchev–Trinajstić information content (AvgIpc) is 3.85. The van der Waals surface area contributed by atoms with Gasteiger partial charge in [-0.2, -0.15) is 0 Å². The molecule has 1 aliphatic carbocycles. The number of methoxy groups -OCH3 is 1. The number of nitrogens with zero attached hydrogens (tertiary/aromatic N) is 7. The molecule has 16 nitrogen and oxygen atoms in total. The molecule has 18 heteroatoms. The summed E-state index contributed by atoms with van der Waals surface area (Å²) in [5.41, 5.74) is 40.9. The Bertz CT molecular complexity index is 1450. The zero-order chi connectivity index (χ0) is 57.8. The molecule has 7 heterocycles. The summed E-state index contributed by atoms with van der Waals surface area (Å²) in [6, 6.07) is 5.69. The Labute approximate surface area is 465 Å². The van der Waals surface area contributed by atoms with Crippen LogP contribution < -0.4 is 40.1 Å². The van der Waals surface area contributed by atoms with E-state index in [9.17, 15) is 13.9 Å². The van der Waals surface area contributed by atoms with Gasteiger partial charge in [-0.1, -0.05) is 0 Å². The second kappa shape index (κ2) is 35.3. The van der Waals surface area contributed by atoms with Crippen LogP contribution in [0.3, 0.4) is 0 Å². The zero-order valence-corrected chi connectivity index (χ0v) is 51.8. The van der Waals surface area contributed by atoms with Crippen molar-refractivity contribution in [3.05, 3.63) is 0 Å². The van der Waals surface area contributed by atoms with Gasteiger partial charge in [0.15, 0.2) is 0 Å². The molecular weight excluding hydrogens is 963 g/mol. The van der Waals surface area contributed by atoms with Gasteiger partial charge in [0.1, 0.15) is 12.3 Å². The largest absolute Gasteiger partial charge is 0.392 e. The SMILES string of the molecule is CC(C)N1CC(N)CC(F)C1.CC(C)N1CC(N)CC(O)C1.CC(C)N1CC(N)CCC1C.CC(C)N1CC2CC2(N)C1.CC(C)N1CCC(F)C(N)C1.CC(C)N1CCCC(N)C1.COC1CCN(C(C)C)CC1N. The normalized spacial score (nSPS) is 35.2. The van der Waals surface area contributed by atoms with Crippen molar-refractivity contribution < 1.29 is 18.6 Å². The first-order valence-corrected chi connectivity index (χ1v) is 30.4. The van der Waals surface area contributed by atoms with E-state index in [1.54, 1.807) is 7.11 Å². The Morgan fingerprint density at radius 1 is 0.487 bits per heavy atom. The average molecular weight is 1090 g/mol. The fourth-order valence-corrected chi connectivity index (χ4v) is 11.6. The predicted octanol–water partition coefficient (Wildman–Crippen LogP) is 4.22. The molecule has 0 aromatic carbocycles. The Morgan fingerprint density at radius 3 is 1.36 bits per heavy atom. The van der Waals surface area contributed by atoms with Crippen LogP contribution in [0.1, 0.15) is 162 Å². The number of alkyl halides is 2.